The predicted octanol–water partition coefficient (Wildman–Crippen LogP) is 2.56. The molecular weight excluding hydrogens is 254 g/mol. The molecule has 1 aromatic carbocycles. The number of benzene rings is 1. The van der Waals surface area contributed by atoms with E-state index in [-0.39, 0.29) is 5.69 Å². The van der Waals surface area contributed by atoms with Gasteiger partial charge in [0, 0.05) is 0 Å². The van der Waals surface area contributed by atoms with Gasteiger partial charge < -0.3 is 10.5 Å². The van der Waals surface area contributed by atoms with Crippen LogP contribution in [-0.4, -0.2) is 22.1 Å². The van der Waals surface area contributed by atoms with E-state index in [1.54, 1.807) is 11.5 Å². The van der Waals surface area contributed by atoms with Gasteiger partial charge in [0.05, 0.1) is 12.3 Å². The molecule has 5 nitrogen and oxygen atoms in total. The number of esters is 1. The summed E-state index contributed by atoms with van der Waals surface area (Å²) in [6, 6.07) is 6.05. The number of ether oxygens (including phenoxy) is 1. The fourth-order valence-corrected chi connectivity index (χ4v) is 2.26. The van der Waals surface area contributed by atoms with Gasteiger partial charge in [-0.15, -0.1) is 0 Å². The predicted molar refractivity (Wildman–Crippen MR) is 78.1 cm³/mol. The molecule has 0 saturated heterocycles. The lowest BCUT2D eigenvalue weighted by molar-refractivity contribution is 0.0521. The number of aromatic nitrogens is 2. The number of anilines is 1. The number of nitrogens with zero attached hydrogens (tertiary/aromatic N) is 2. The Morgan fingerprint density at radius 2 is 2.05 bits per heavy atom. The molecule has 1 heterocycles. The lowest BCUT2D eigenvalue weighted by atomic mass is 10.1. The summed E-state index contributed by atoms with van der Waals surface area (Å²) in [4.78, 5) is 16.1. The number of imidazole rings is 1. The van der Waals surface area contributed by atoms with Crippen molar-refractivity contribution in [2.75, 3.05) is 12.3 Å². The number of rotatable bonds is 3. The van der Waals surface area contributed by atoms with Gasteiger partial charge in [-0.05, 0) is 39.3 Å². The summed E-state index contributed by atoms with van der Waals surface area (Å²) in [6.07, 6.45) is 0. The van der Waals surface area contributed by atoms with Gasteiger partial charge in [-0.2, -0.15) is 0 Å². The second-order valence-corrected chi connectivity index (χ2v) is 4.74. The average molecular weight is 273 g/mol. The van der Waals surface area contributed by atoms with E-state index in [4.69, 9.17) is 10.5 Å². The Morgan fingerprint density at radius 3 is 2.65 bits per heavy atom. The topological polar surface area (TPSA) is 70.1 Å². The van der Waals surface area contributed by atoms with Crippen LogP contribution in [0.2, 0.25) is 0 Å². The summed E-state index contributed by atoms with van der Waals surface area (Å²) in [5.41, 5.74) is 9.42. The smallest absolute Gasteiger partial charge is 0.360 e. The van der Waals surface area contributed by atoms with Crippen LogP contribution in [0.5, 0.6) is 0 Å². The van der Waals surface area contributed by atoms with Crippen LogP contribution in [0.3, 0.4) is 0 Å². The molecule has 0 aliphatic rings. The maximum Gasteiger partial charge on any atom is 0.360 e. The molecular formula is C15H19N3O2. The Labute approximate surface area is 118 Å². The van der Waals surface area contributed by atoms with E-state index in [0.717, 1.165) is 11.3 Å². The van der Waals surface area contributed by atoms with Crippen molar-refractivity contribution in [1.82, 2.24) is 9.55 Å². The molecule has 0 spiro atoms. The second kappa shape index (κ2) is 5.36. The summed E-state index contributed by atoms with van der Waals surface area (Å²) in [6.45, 7) is 7.91. The number of hydrogen-bond acceptors (Lipinski definition) is 4. The molecule has 0 bridgehead atoms. The van der Waals surface area contributed by atoms with E-state index in [2.05, 4.69) is 11.1 Å². The highest BCUT2D eigenvalue weighted by molar-refractivity contribution is 5.92. The van der Waals surface area contributed by atoms with Crippen LogP contribution in [0.25, 0.3) is 5.69 Å². The average Bonchev–Trinajstić information content (AvgIpc) is 2.66. The van der Waals surface area contributed by atoms with Gasteiger partial charge in [-0.3, -0.25) is 4.57 Å². The summed E-state index contributed by atoms with van der Waals surface area (Å²) >= 11 is 0. The molecule has 0 saturated carbocycles. The molecule has 0 aliphatic carbocycles. The number of aryl methyl sites for hydroxylation is 3. The third-order valence-corrected chi connectivity index (χ3v) is 3.14. The number of hydrogen-bond donors (Lipinski definition) is 1. The zero-order chi connectivity index (χ0) is 14.9. The summed E-state index contributed by atoms with van der Waals surface area (Å²) in [5.74, 6) is 0.488. The van der Waals surface area contributed by atoms with E-state index in [9.17, 15) is 4.79 Å². The van der Waals surface area contributed by atoms with Crippen LogP contribution >= 0.6 is 0 Å². The maximum atomic E-state index is 11.8. The van der Waals surface area contributed by atoms with Crippen molar-refractivity contribution < 1.29 is 9.53 Å². The molecule has 1 aromatic heterocycles. The van der Waals surface area contributed by atoms with Gasteiger partial charge in [0.2, 0.25) is 0 Å². The molecule has 0 radical (unpaired) electrons. The van der Waals surface area contributed by atoms with E-state index < -0.39 is 5.97 Å². The van der Waals surface area contributed by atoms with Crippen molar-refractivity contribution in [2.45, 2.75) is 27.7 Å². The zero-order valence-electron chi connectivity index (χ0n) is 12.2. The Hall–Kier alpha value is -2.30. The summed E-state index contributed by atoms with van der Waals surface area (Å²) in [5, 5.41) is 0. The fourth-order valence-electron chi connectivity index (χ4n) is 2.26. The van der Waals surface area contributed by atoms with Gasteiger partial charge in [0.15, 0.2) is 5.69 Å². The highest BCUT2D eigenvalue weighted by atomic mass is 16.5. The lowest BCUT2D eigenvalue weighted by Gasteiger charge is -2.11. The van der Waals surface area contributed by atoms with E-state index in [1.807, 2.05) is 32.9 Å². The van der Waals surface area contributed by atoms with Gasteiger partial charge >= 0.3 is 5.97 Å². The molecule has 0 amide bonds. The molecule has 0 atom stereocenters. The number of carbonyl (C=O) groups is 1. The lowest BCUT2D eigenvalue weighted by Crippen LogP contribution is -2.10. The zero-order valence-corrected chi connectivity index (χ0v) is 12.2. The summed E-state index contributed by atoms with van der Waals surface area (Å²) < 4.78 is 6.75. The minimum Gasteiger partial charge on any atom is -0.461 e. The molecule has 2 rings (SSSR count). The first-order valence-corrected chi connectivity index (χ1v) is 6.55. The number of nitrogens with two attached hydrogens (primary N) is 1. The van der Waals surface area contributed by atoms with Gasteiger partial charge in [0.25, 0.3) is 0 Å². The van der Waals surface area contributed by atoms with Gasteiger partial charge in [-0.1, -0.05) is 17.7 Å². The Morgan fingerprint density at radius 1 is 1.35 bits per heavy atom. The number of nitrogen functional groups attached to an aromatic ring is 1. The van der Waals surface area contributed by atoms with Crippen LogP contribution in [0.15, 0.2) is 18.2 Å². The molecule has 0 fully saturated rings. The van der Waals surface area contributed by atoms with Crippen molar-refractivity contribution in [3.63, 3.8) is 0 Å². The Balaban J connectivity index is 2.55. The van der Waals surface area contributed by atoms with Gasteiger partial charge in [-0.25, -0.2) is 9.78 Å². The highest BCUT2D eigenvalue weighted by Gasteiger charge is 2.21. The fraction of sp³-hybridized carbons (Fsp3) is 0.333. The van der Waals surface area contributed by atoms with E-state index >= 15 is 0 Å². The van der Waals surface area contributed by atoms with Crippen molar-refractivity contribution in [2.24, 2.45) is 0 Å². The first-order chi connectivity index (χ1) is 9.45. The largest absolute Gasteiger partial charge is 0.461 e. The van der Waals surface area contributed by atoms with Crippen molar-refractivity contribution in [3.8, 4) is 5.69 Å². The van der Waals surface area contributed by atoms with Crippen molar-refractivity contribution in [1.29, 1.82) is 0 Å². The van der Waals surface area contributed by atoms with Crippen molar-refractivity contribution >= 4 is 11.8 Å². The molecule has 106 valence electrons. The Bertz CT molecular complexity index is 659. The monoisotopic (exact) mass is 273 g/mol. The SMILES string of the molecule is CCOC(=O)c1nc(C)n(-c2ccc(C)cc2C)c1N. The minimum absolute atomic E-state index is 0.171. The van der Waals surface area contributed by atoms with E-state index in [0.29, 0.717) is 18.2 Å². The van der Waals surface area contributed by atoms with Gasteiger partial charge in [0.1, 0.15) is 11.6 Å². The molecule has 20 heavy (non-hydrogen) atoms. The third-order valence-electron chi connectivity index (χ3n) is 3.14. The molecule has 5 heteroatoms. The third kappa shape index (κ3) is 2.39. The van der Waals surface area contributed by atoms with E-state index in [1.165, 1.54) is 5.56 Å². The number of carbonyl (C=O) groups excluding carboxylic acids is 1. The molecule has 0 unspecified atom stereocenters. The van der Waals surface area contributed by atoms with Crippen LogP contribution in [0, 0.1) is 20.8 Å². The standard InChI is InChI=1S/C15H19N3O2/c1-5-20-15(19)13-14(16)18(11(4)17-13)12-7-6-9(2)8-10(12)3/h6-8H,5,16H2,1-4H3. The maximum absolute atomic E-state index is 11.8. The molecule has 2 aromatic rings. The van der Waals surface area contributed by atoms with Crippen LogP contribution < -0.4 is 5.73 Å². The van der Waals surface area contributed by atoms with Crippen LogP contribution in [0.1, 0.15) is 34.4 Å². The van der Waals surface area contributed by atoms with Crippen molar-refractivity contribution in [3.05, 3.63) is 40.8 Å². The second-order valence-electron chi connectivity index (χ2n) is 4.74. The summed E-state index contributed by atoms with van der Waals surface area (Å²) in [7, 11) is 0. The normalized spacial score (nSPS) is 10.6. The molecule has 0 aliphatic heterocycles. The first kappa shape index (κ1) is 14.1. The van der Waals surface area contributed by atoms with Crippen LogP contribution in [0.4, 0.5) is 5.82 Å². The van der Waals surface area contributed by atoms with Crippen LogP contribution in [-0.2, 0) is 4.74 Å². The Kier molecular flexibility index (Phi) is 3.79. The molecule has 2 N–H and O–H groups in total. The quantitative estimate of drug-likeness (QED) is 0.872. The minimum atomic E-state index is -0.489. The first-order valence-electron chi connectivity index (χ1n) is 6.55. The highest BCUT2D eigenvalue weighted by Crippen LogP contribution is 2.24.